The van der Waals surface area contributed by atoms with Gasteiger partial charge in [-0.25, -0.2) is 4.39 Å². The molecule has 0 amide bonds. The quantitative estimate of drug-likeness (QED) is 0.561. The van der Waals surface area contributed by atoms with Crippen LogP contribution in [0.4, 0.5) is 4.39 Å². The van der Waals surface area contributed by atoms with Crippen molar-refractivity contribution in [2.45, 2.75) is 32.2 Å². The van der Waals surface area contributed by atoms with Crippen LogP contribution < -0.4 is 11.3 Å². The van der Waals surface area contributed by atoms with Crippen molar-refractivity contribution in [3.8, 4) is 0 Å². The minimum absolute atomic E-state index is 0.0608. The van der Waals surface area contributed by atoms with Crippen molar-refractivity contribution in [3.05, 3.63) is 35.6 Å². The number of hydrogen-bond acceptors (Lipinski definition) is 2. The van der Waals surface area contributed by atoms with Gasteiger partial charge in [0.2, 0.25) is 0 Å². The van der Waals surface area contributed by atoms with Crippen LogP contribution in [0.3, 0.4) is 0 Å². The van der Waals surface area contributed by atoms with Crippen LogP contribution in [0.1, 0.15) is 37.8 Å². The highest BCUT2D eigenvalue weighted by molar-refractivity contribution is 5.19. The summed E-state index contributed by atoms with van der Waals surface area (Å²) in [6, 6.07) is 6.63. The molecule has 3 N–H and O–H groups in total. The number of nitrogens with two attached hydrogens (primary N) is 1. The van der Waals surface area contributed by atoms with E-state index in [-0.39, 0.29) is 11.9 Å². The largest absolute Gasteiger partial charge is 0.271 e. The molecule has 1 rings (SSSR count). The Kier molecular flexibility index (Phi) is 4.56. The molecule has 0 radical (unpaired) electrons. The van der Waals surface area contributed by atoms with Crippen molar-refractivity contribution in [3.63, 3.8) is 0 Å². The Labute approximate surface area is 84.3 Å². The molecule has 0 aromatic heterocycles. The van der Waals surface area contributed by atoms with E-state index in [2.05, 4.69) is 12.3 Å². The lowest BCUT2D eigenvalue weighted by Gasteiger charge is -2.15. The first-order chi connectivity index (χ1) is 6.77. The molecule has 0 spiro atoms. The molecule has 0 saturated carbocycles. The highest BCUT2D eigenvalue weighted by atomic mass is 19.1. The SMILES string of the molecule is CCCCC(NN)c1cccc(F)c1. The van der Waals surface area contributed by atoms with Crippen molar-refractivity contribution in [1.82, 2.24) is 5.43 Å². The maximum atomic E-state index is 12.9. The summed E-state index contributed by atoms with van der Waals surface area (Å²) in [6.07, 6.45) is 3.15. The predicted octanol–water partition coefficient (Wildman–Crippen LogP) is 2.52. The Morgan fingerprint density at radius 1 is 1.50 bits per heavy atom. The molecule has 14 heavy (non-hydrogen) atoms. The number of unbranched alkanes of at least 4 members (excludes halogenated alkanes) is 1. The van der Waals surface area contributed by atoms with Gasteiger partial charge >= 0.3 is 0 Å². The van der Waals surface area contributed by atoms with Crippen LogP contribution in [0.15, 0.2) is 24.3 Å². The van der Waals surface area contributed by atoms with E-state index >= 15 is 0 Å². The number of halogens is 1. The highest BCUT2D eigenvalue weighted by Gasteiger charge is 2.08. The Morgan fingerprint density at radius 3 is 2.86 bits per heavy atom. The molecule has 1 unspecified atom stereocenters. The second-order valence-electron chi connectivity index (χ2n) is 3.42. The molecule has 1 atom stereocenters. The summed E-state index contributed by atoms with van der Waals surface area (Å²) in [6.45, 7) is 2.12. The van der Waals surface area contributed by atoms with Crippen LogP contribution in [0.5, 0.6) is 0 Å². The van der Waals surface area contributed by atoms with Gasteiger partial charge in [-0.15, -0.1) is 0 Å². The topological polar surface area (TPSA) is 38.0 Å². The summed E-state index contributed by atoms with van der Waals surface area (Å²) in [5.41, 5.74) is 3.63. The fourth-order valence-electron chi connectivity index (χ4n) is 1.48. The van der Waals surface area contributed by atoms with Crippen molar-refractivity contribution in [2.75, 3.05) is 0 Å². The Morgan fingerprint density at radius 2 is 2.29 bits per heavy atom. The van der Waals surface area contributed by atoms with E-state index in [1.54, 1.807) is 6.07 Å². The summed E-state index contributed by atoms with van der Waals surface area (Å²) in [4.78, 5) is 0. The van der Waals surface area contributed by atoms with E-state index in [4.69, 9.17) is 5.84 Å². The smallest absolute Gasteiger partial charge is 0.123 e. The van der Waals surface area contributed by atoms with E-state index in [0.717, 1.165) is 24.8 Å². The zero-order valence-corrected chi connectivity index (χ0v) is 8.46. The van der Waals surface area contributed by atoms with Crippen LogP contribution in [0.25, 0.3) is 0 Å². The fourth-order valence-corrected chi connectivity index (χ4v) is 1.48. The molecule has 0 saturated heterocycles. The molecular formula is C11H17FN2. The number of nitrogens with one attached hydrogen (secondary N) is 1. The van der Waals surface area contributed by atoms with Crippen LogP contribution in [0, 0.1) is 5.82 Å². The molecule has 0 fully saturated rings. The van der Waals surface area contributed by atoms with Gasteiger partial charge < -0.3 is 0 Å². The summed E-state index contributed by atoms with van der Waals surface area (Å²) in [5.74, 6) is 5.21. The maximum Gasteiger partial charge on any atom is 0.123 e. The van der Waals surface area contributed by atoms with Crippen LogP contribution in [-0.2, 0) is 0 Å². The molecule has 1 aromatic carbocycles. The molecule has 0 aliphatic carbocycles. The Balaban J connectivity index is 2.68. The molecule has 2 nitrogen and oxygen atoms in total. The molecule has 0 bridgehead atoms. The summed E-state index contributed by atoms with van der Waals surface area (Å²) < 4.78 is 12.9. The van der Waals surface area contributed by atoms with Gasteiger partial charge in [-0.1, -0.05) is 31.9 Å². The van der Waals surface area contributed by atoms with Crippen LogP contribution in [-0.4, -0.2) is 0 Å². The third kappa shape index (κ3) is 3.09. The lowest BCUT2D eigenvalue weighted by Crippen LogP contribution is -2.28. The van der Waals surface area contributed by atoms with Crippen LogP contribution in [0.2, 0.25) is 0 Å². The first kappa shape index (κ1) is 11.1. The summed E-state index contributed by atoms with van der Waals surface area (Å²) >= 11 is 0. The Hall–Kier alpha value is -0.930. The van der Waals surface area contributed by atoms with Gasteiger partial charge in [0.05, 0.1) is 0 Å². The van der Waals surface area contributed by atoms with Crippen LogP contribution >= 0.6 is 0 Å². The molecule has 78 valence electrons. The lowest BCUT2D eigenvalue weighted by atomic mass is 10.0. The zero-order valence-electron chi connectivity index (χ0n) is 8.46. The summed E-state index contributed by atoms with van der Waals surface area (Å²) in [7, 11) is 0. The second kappa shape index (κ2) is 5.73. The van der Waals surface area contributed by atoms with Gasteiger partial charge in [-0.05, 0) is 24.1 Å². The third-order valence-electron chi connectivity index (χ3n) is 2.30. The Bertz CT molecular complexity index is 276. The molecule has 0 aliphatic rings. The van der Waals surface area contributed by atoms with E-state index in [0.29, 0.717) is 0 Å². The number of hydrazine groups is 1. The van der Waals surface area contributed by atoms with Gasteiger partial charge in [-0.2, -0.15) is 0 Å². The van der Waals surface area contributed by atoms with E-state index in [1.165, 1.54) is 12.1 Å². The van der Waals surface area contributed by atoms with Crippen molar-refractivity contribution < 1.29 is 4.39 Å². The van der Waals surface area contributed by atoms with E-state index in [9.17, 15) is 4.39 Å². The average molecular weight is 196 g/mol. The van der Waals surface area contributed by atoms with Crippen molar-refractivity contribution in [2.24, 2.45) is 5.84 Å². The zero-order chi connectivity index (χ0) is 10.4. The van der Waals surface area contributed by atoms with Gasteiger partial charge in [0.15, 0.2) is 0 Å². The van der Waals surface area contributed by atoms with Crippen molar-refractivity contribution >= 4 is 0 Å². The normalized spacial score (nSPS) is 12.8. The first-order valence-corrected chi connectivity index (χ1v) is 4.99. The number of hydrogen-bond donors (Lipinski definition) is 2. The average Bonchev–Trinajstić information content (AvgIpc) is 2.19. The van der Waals surface area contributed by atoms with Gasteiger partial charge in [0, 0.05) is 6.04 Å². The standard InChI is InChI=1S/C11H17FN2/c1-2-3-7-11(14-13)9-5-4-6-10(12)8-9/h4-6,8,11,14H,2-3,7,13H2,1H3. The third-order valence-corrected chi connectivity index (χ3v) is 2.30. The fraction of sp³-hybridized carbons (Fsp3) is 0.455. The first-order valence-electron chi connectivity index (χ1n) is 4.99. The highest BCUT2D eigenvalue weighted by Crippen LogP contribution is 2.18. The second-order valence-corrected chi connectivity index (χ2v) is 3.42. The van der Waals surface area contributed by atoms with E-state index < -0.39 is 0 Å². The maximum absolute atomic E-state index is 12.9. The van der Waals surface area contributed by atoms with E-state index in [1.807, 2.05) is 6.07 Å². The molecular weight excluding hydrogens is 179 g/mol. The monoisotopic (exact) mass is 196 g/mol. The van der Waals surface area contributed by atoms with Gasteiger partial charge in [-0.3, -0.25) is 11.3 Å². The number of rotatable bonds is 5. The van der Waals surface area contributed by atoms with Gasteiger partial charge in [0.1, 0.15) is 5.82 Å². The number of benzene rings is 1. The lowest BCUT2D eigenvalue weighted by molar-refractivity contribution is 0.492. The minimum atomic E-state index is -0.209. The minimum Gasteiger partial charge on any atom is -0.271 e. The predicted molar refractivity (Wildman–Crippen MR) is 56.0 cm³/mol. The molecule has 1 aromatic rings. The van der Waals surface area contributed by atoms with Crippen molar-refractivity contribution in [1.29, 1.82) is 0 Å². The van der Waals surface area contributed by atoms with Gasteiger partial charge in [0.25, 0.3) is 0 Å². The summed E-state index contributed by atoms with van der Waals surface area (Å²) in [5, 5.41) is 0. The molecule has 0 heterocycles. The molecule has 3 heteroatoms. The molecule has 0 aliphatic heterocycles.